The maximum atomic E-state index is 11.8. The second-order valence-electron chi connectivity index (χ2n) is 4.76. The Balaban J connectivity index is 1.69. The van der Waals surface area contributed by atoms with Crippen LogP contribution >= 0.6 is 11.6 Å². The van der Waals surface area contributed by atoms with Crippen molar-refractivity contribution in [2.75, 3.05) is 13.6 Å². The van der Waals surface area contributed by atoms with Crippen LogP contribution in [0.4, 0.5) is 0 Å². The Hall–Kier alpha value is -2.47. The van der Waals surface area contributed by atoms with Crippen molar-refractivity contribution in [3.05, 3.63) is 59.0 Å². The highest BCUT2D eigenvalue weighted by Crippen LogP contribution is 2.08. The van der Waals surface area contributed by atoms with Crippen molar-refractivity contribution < 1.29 is 9.21 Å². The molecule has 0 aliphatic heterocycles. The van der Waals surface area contributed by atoms with Gasteiger partial charge in [-0.3, -0.25) is 9.79 Å². The molecule has 0 fully saturated rings. The monoisotopic (exact) mass is 334 g/mol. The summed E-state index contributed by atoms with van der Waals surface area (Å²) in [6.07, 6.45) is 1.57. The molecule has 0 radical (unpaired) electrons. The third-order valence-electron chi connectivity index (χ3n) is 3.05. The van der Waals surface area contributed by atoms with E-state index in [2.05, 4.69) is 20.9 Å². The number of rotatable bonds is 6. The Morgan fingerprint density at radius 2 is 1.91 bits per heavy atom. The number of furan rings is 1. The predicted octanol–water partition coefficient (Wildman–Crippen LogP) is 1.91. The van der Waals surface area contributed by atoms with Gasteiger partial charge in [-0.1, -0.05) is 23.7 Å². The maximum absolute atomic E-state index is 11.8. The number of halogens is 1. The van der Waals surface area contributed by atoms with E-state index in [-0.39, 0.29) is 12.5 Å². The van der Waals surface area contributed by atoms with Crippen LogP contribution in [-0.4, -0.2) is 25.5 Å². The van der Waals surface area contributed by atoms with Crippen LogP contribution in [-0.2, 0) is 17.9 Å². The molecule has 122 valence electrons. The highest BCUT2D eigenvalue weighted by atomic mass is 35.5. The van der Waals surface area contributed by atoms with E-state index >= 15 is 0 Å². The summed E-state index contributed by atoms with van der Waals surface area (Å²) in [5, 5.41) is 9.53. The van der Waals surface area contributed by atoms with Crippen LogP contribution < -0.4 is 16.0 Å². The molecule has 2 rings (SSSR count). The molecule has 0 bridgehead atoms. The first-order chi connectivity index (χ1) is 11.2. The van der Waals surface area contributed by atoms with Gasteiger partial charge in [-0.15, -0.1) is 0 Å². The minimum atomic E-state index is -0.143. The standard InChI is InChI=1S/C16H19ClN4O2/c1-18-16(20-9-12-4-6-13(17)7-5-12)21-11-15(22)19-10-14-3-2-8-23-14/h2-8H,9-11H2,1H3,(H,19,22)(H2,18,20,21). The molecule has 6 nitrogen and oxygen atoms in total. The Bertz CT molecular complexity index is 639. The molecule has 1 aromatic carbocycles. The van der Waals surface area contributed by atoms with Crippen molar-refractivity contribution in [2.24, 2.45) is 4.99 Å². The summed E-state index contributed by atoms with van der Waals surface area (Å²) in [7, 11) is 1.65. The zero-order valence-electron chi connectivity index (χ0n) is 12.8. The van der Waals surface area contributed by atoms with Crippen molar-refractivity contribution >= 4 is 23.5 Å². The molecule has 23 heavy (non-hydrogen) atoms. The van der Waals surface area contributed by atoms with Gasteiger partial charge in [-0.25, -0.2) is 0 Å². The molecule has 1 heterocycles. The van der Waals surface area contributed by atoms with Crippen molar-refractivity contribution in [3.8, 4) is 0 Å². The van der Waals surface area contributed by atoms with E-state index in [1.165, 1.54) is 0 Å². The summed E-state index contributed by atoms with van der Waals surface area (Å²) in [5.74, 6) is 1.12. The molecule has 2 aromatic rings. The molecule has 0 aliphatic carbocycles. The van der Waals surface area contributed by atoms with Crippen LogP contribution in [0.1, 0.15) is 11.3 Å². The lowest BCUT2D eigenvalue weighted by atomic mass is 10.2. The third kappa shape index (κ3) is 6.04. The topological polar surface area (TPSA) is 78.7 Å². The van der Waals surface area contributed by atoms with Crippen LogP contribution in [0, 0.1) is 0 Å². The number of carbonyl (C=O) groups is 1. The predicted molar refractivity (Wildman–Crippen MR) is 90.2 cm³/mol. The van der Waals surface area contributed by atoms with Crippen molar-refractivity contribution in [2.45, 2.75) is 13.1 Å². The first kappa shape index (κ1) is 16.9. The number of amides is 1. The summed E-state index contributed by atoms with van der Waals surface area (Å²) in [5.41, 5.74) is 1.07. The van der Waals surface area contributed by atoms with Crippen LogP contribution in [0.3, 0.4) is 0 Å². The van der Waals surface area contributed by atoms with Crippen LogP contribution in [0.5, 0.6) is 0 Å². The summed E-state index contributed by atoms with van der Waals surface area (Å²) >= 11 is 5.85. The zero-order valence-corrected chi connectivity index (χ0v) is 13.6. The minimum absolute atomic E-state index is 0.126. The molecule has 0 aliphatic rings. The largest absolute Gasteiger partial charge is 0.467 e. The van der Waals surface area contributed by atoms with E-state index in [1.54, 1.807) is 25.4 Å². The van der Waals surface area contributed by atoms with Gasteiger partial charge in [0.15, 0.2) is 5.96 Å². The smallest absolute Gasteiger partial charge is 0.239 e. The molecule has 0 saturated heterocycles. The number of nitrogens with zero attached hydrogens (tertiary/aromatic N) is 1. The molecule has 0 atom stereocenters. The molecular formula is C16H19ClN4O2. The number of carbonyl (C=O) groups excluding carboxylic acids is 1. The summed E-state index contributed by atoms with van der Waals surface area (Å²) in [6.45, 7) is 1.08. The van der Waals surface area contributed by atoms with Crippen LogP contribution in [0.25, 0.3) is 0 Å². The summed E-state index contributed by atoms with van der Waals surface area (Å²) in [4.78, 5) is 15.8. The highest BCUT2D eigenvalue weighted by molar-refractivity contribution is 6.30. The Kier molecular flexibility index (Phi) is 6.50. The lowest BCUT2D eigenvalue weighted by Gasteiger charge is -2.12. The first-order valence-corrected chi connectivity index (χ1v) is 7.53. The van der Waals surface area contributed by atoms with Crippen LogP contribution in [0.2, 0.25) is 5.02 Å². The minimum Gasteiger partial charge on any atom is -0.467 e. The summed E-state index contributed by atoms with van der Waals surface area (Å²) < 4.78 is 5.15. The van der Waals surface area contributed by atoms with Gasteiger partial charge in [0, 0.05) is 18.6 Å². The van der Waals surface area contributed by atoms with Gasteiger partial charge in [-0.05, 0) is 29.8 Å². The number of nitrogens with one attached hydrogen (secondary N) is 3. The first-order valence-electron chi connectivity index (χ1n) is 7.15. The van der Waals surface area contributed by atoms with E-state index in [9.17, 15) is 4.79 Å². The number of benzene rings is 1. The Morgan fingerprint density at radius 3 is 2.57 bits per heavy atom. The van der Waals surface area contributed by atoms with E-state index in [4.69, 9.17) is 16.0 Å². The third-order valence-corrected chi connectivity index (χ3v) is 3.31. The molecule has 0 unspecified atom stereocenters. The van der Waals surface area contributed by atoms with E-state index < -0.39 is 0 Å². The Labute approximate surface area is 139 Å². The fraction of sp³-hybridized carbons (Fsp3) is 0.250. The SMILES string of the molecule is CN=C(NCC(=O)NCc1ccco1)NCc1ccc(Cl)cc1. The average Bonchev–Trinajstić information content (AvgIpc) is 3.08. The van der Waals surface area contributed by atoms with E-state index in [1.807, 2.05) is 24.3 Å². The quantitative estimate of drug-likeness (QED) is 0.557. The van der Waals surface area contributed by atoms with Crippen molar-refractivity contribution in [3.63, 3.8) is 0 Å². The molecule has 0 spiro atoms. The van der Waals surface area contributed by atoms with Gasteiger partial charge in [0.1, 0.15) is 5.76 Å². The van der Waals surface area contributed by atoms with Gasteiger partial charge in [0.2, 0.25) is 5.91 Å². The summed E-state index contributed by atoms with van der Waals surface area (Å²) in [6, 6.07) is 11.1. The number of aliphatic imine (C=N–C) groups is 1. The Morgan fingerprint density at radius 1 is 1.13 bits per heavy atom. The molecule has 3 N–H and O–H groups in total. The van der Waals surface area contributed by atoms with Crippen molar-refractivity contribution in [1.29, 1.82) is 0 Å². The average molecular weight is 335 g/mol. The van der Waals surface area contributed by atoms with E-state index in [0.29, 0.717) is 29.8 Å². The second-order valence-corrected chi connectivity index (χ2v) is 5.20. The maximum Gasteiger partial charge on any atom is 0.239 e. The fourth-order valence-electron chi connectivity index (χ4n) is 1.83. The van der Waals surface area contributed by atoms with Gasteiger partial charge in [0.25, 0.3) is 0 Å². The van der Waals surface area contributed by atoms with Crippen LogP contribution in [0.15, 0.2) is 52.1 Å². The second kappa shape index (κ2) is 8.85. The molecular weight excluding hydrogens is 316 g/mol. The fourth-order valence-corrected chi connectivity index (χ4v) is 1.96. The van der Waals surface area contributed by atoms with Crippen molar-refractivity contribution in [1.82, 2.24) is 16.0 Å². The zero-order chi connectivity index (χ0) is 16.5. The lowest BCUT2D eigenvalue weighted by Crippen LogP contribution is -2.42. The van der Waals surface area contributed by atoms with Gasteiger partial charge in [-0.2, -0.15) is 0 Å². The number of hydrogen-bond donors (Lipinski definition) is 3. The number of hydrogen-bond acceptors (Lipinski definition) is 3. The molecule has 1 amide bonds. The van der Waals surface area contributed by atoms with E-state index in [0.717, 1.165) is 5.56 Å². The van der Waals surface area contributed by atoms with Gasteiger partial charge in [0.05, 0.1) is 19.4 Å². The van der Waals surface area contributed by atoms with Gasteiger partial charge >= 0.3 is 0 Å². The normalized spacial score (nSPS) is 11.1. The molecule has 1 aromatic heterocycles. The lowest BCUT2D eigenvalue weighted by molar-refractivity contribution is -0.120. The molecule has 0 saturated carbocycles. The highest BCUT2D eigenvalue weighted by Gasteiger charge is 2.04. The van der Waals surface area contributed by atoms with Gasteiger partial charge < -0.3 is 20.4 Å². The molecule has 7 heteroatoms. The number of guanidine groups is 1.